The van der Waals surface area contributed by atoms with Gasteiger partial charge in [-0.25, -0.2) is 4.39 Å². The molecule has 1 heterocycles. The number of benzene rings is 3. The number of hydrogen-bond donors (Lipinski definition) is 4. The number of aliphatic hydroxyl groups is 2. The zero-order chi connectivity index (χ0) is 32.6. The fourth-order valence-electron chi connectivity index (χ4n) is 5.04. The second-order valence-electron chi connectivity index (χ2n) is 10.4. The summed E-state index contributed by atoms with van der Waals surface area (Å²) in [5.41, 5.74) is 5.57. The number of nitrogens with zero attached hydrogens (tertiary/aromatic N) is 1. The van der Waals surface area contributed by atoms with Gasteiger partial charge in [0.05, 0.1) is 24.3 Å². The van der Waals surface area contributed by atoms with Crippen LogP contribution in [0.25, 0.3) is 22.4 Å². The first-order valence-corrected chi connectivity index (χ1v) is 15.0. The minimum atomic E-state index is -1.15. The van der Waals surface area contributed by atoms with Crippen LogP contribution in [0.15, 0.2) is 84.9 Å². The molecule has 0 aliphatic carbocycles. The Bertz CT molecular complexity index is 1420. The van der Waals surface area contributed by atoms with Crippen LogP contribution in [0.3, 0.4) is 0 Å². The van der Waals surface area contributed by atoms with Gasteiger partial charge in [0.2, 0.25) is 0 Å². The summed E-state index contributed by atoms with van der Waals surface area (Å²) in [6.45, 7) is 8.29. The third kappa shape index (κ3) is 10.2. The lowest BCUT2D eigenvalue weighted by Gasteiger charge is -2.20. The Labute approximate surface area is 260 Å². The zero-order valence-electron chi connectivity index (χ0n) is 26.2. The molecule has 8 heteroatoms. The monoisotopic (exact) mass is 604 g/mol. The van der Waals surface area contributed by atoms with Crippen LogP contribution in [-0.4, -0.2) is 51.4 Å². The molecule has 2 atom stereocenters. The third-order valence-electron chi connectivity index (χ3n) is 6.89. The molecule has 0 bridgehead atoms. The smallest absolute Gasteiger partial charge is 0.305 e. The van der Waals surface area contributed by atoms with Gasteiger partial charge in [-0.2, -0.15) is 0 Å². The van der Waals surface area contributed by atoms with Gasteiger partial charge in [0.25, 0.3) is 0 Å². The fraction of sp³-hybridized carbons (Fsp3) is 0.333. The number of para-hydroxylation sites is 1. The minimum absolute atomic E-state index is 0.0217. The van der Waals surface area contributed by atoms with Gasteiger partial charge in [-0.3, -0.25) is 9.59 Å². The van der Waals surface area contributed by atoms with Crippen molar-refractivity contribution in [3.8, 4) is 22.4 Å². The predicted octanol–water partition coefficient (Wildman–Crippen LogP) is 7.63. The van der Waals surface area contributed by atoms with Crippen molar-refractivity contribution in [3.63, 3.8) is 0 Å². The van der Waals surface area contributed by atoms with Gasteiger partial charge < -0.3 is 25.2 Å². The largest absolute Gasteiger partial charge is 0.481 e. The molecule has 1 aromatic heterocycles. The number of aliphatic carboxylic acids is 1. The summed E-state index contributed by atoms with van der Waals surface area (Å²) < 4.78 is 15.7. The Hall–Kier alpha value is -4.27. The van der Waals surface area contributed by atoms with E-state index in [2.05, 4.69) is 5.32 Å². The zero-order valence-corrected chi connectivity index (χ0v) is 26.2. The number of anilines is 1. The molecule has 7 nitrogen and oxygen atoms in total. The highest BCUT2D eigenvalue weighted by Crippen LogP contribution is 2.41. The molecule has 0 saturated heterocycles. The summed E-state index contributed by atoms with van der Waals surface area (Å²) in [7, 11) is 1.91. The number of carboxylic acids is 1. The molecular formula is C36H45FN2O5. The van der Waals surface area contributed by atoms with Gasteiger partial charge in [0.1, 0.15) is 5.82 Å². The summed E-state index contributed by atoms with van der Waals surface area (Å²) in [5.74, 6) is -1.52. The van der Waals surface area contributed by atoms with Gasteiger partial charge >= 0.3 is 5.97 Å². The maximum absolute atomic E-state index is 13.7. The van der Waals surface area contributed by atoms with Crippen molar-refractivity contribution < 1.29 is 29.3 Å². The average molecular weight is 605 g/mol. The lowest BCUT2D eigenvalue weighted by atomic mass is 9.96. The maximum atomic E-state index is 13.7. The molecular weight excluding hydrogens is 559 g/mol. The van der Waals surface area contributed by atoms with Crippen molar-refractivity contribution in [1.82, 2.24) is 4.57 Å². The van der Waals surface area contributed by atoms with Crippen LogP contribution in [-0.2, 0) is 11.3 Å². The van der Waals surface area contributed by atoms with E-state index >= 15 is 0 Å². The summed E-state index contributed by atoms with van der Waals surface area (Å²) in [6, 6.07) is 25.6. The highest BCUT2D eigenvalue weighted by molar-refractivity contribution is 5.97. The first kappa shape index (κ1) is 35.9. The Balaban J connectivity index is 0.000000577. The Morgan fingerprint density at radius 2 is 1.45 bits per heavy atom. The Morgan fingerprint density at radius 3 is 1.93 bits per heavy atom. The number of nitrogens with one attached hydrogen (secondary N) is 1. The normalized spacial score (nSPS) is 11.8. The number of carboxylic acid groups (broad SMARTS) is 1. The quantitative estimate of drug-likeness (QED) is 0.124. The predicted molar refractivity (Wildman–Crippen MR) is 176 cm³/mol. The molecule has 0 aliphatic rings. The topological polar surface area (TPSA) is 112 Å². The van der Waals surface area contributed by atoms with Crippen LogP contribution in [0.2, 0.25) is 0 Å². The van der Waals surface area contributed by atoms with Gasteiger partial charge in [0, 0.05) is 36.1 Å². The molecule has 0 radical (unpaired) electrons. The van der Waals surface area contributed by atoms with Gasteiger partial charge in [-0.05, 0) is 66.3 Å². The number of rotatable bonds is 12. The van der Waals surface area contributed by atoms with E-state index in [9.17, 15) is 24.2 Å². The highest BCUT2D eigenvalue weighted by Gasteiger charge is 2.27. The van der Waals surface area contributed by atoms with E-state index in [-0.39, 0.29) is 24.6 Å². The number of aldehydes is 1. The standard InChI is InChI=1S/C27H30FNO5.C7H9N.C2H6/c1-17(2)26-23(16-30)25(18-6-4-3-5-7-18)27(19-8-10-20(28)11-9-19)29(26)13-12-21(31)14-22(32)15-24(33)34;1-8-7-5-3-2-4-6-7;1-2/h3-11,16-17,21-22,31-32H,12-15H2,1-2H3,(H,33,34);2-6,8H,1H3;1-2H3. The van der Waals surface area contributed by atoms with Crippen molar-refractivity contribution in [2.24, 2.45) is 0 Å². The SMILES string of the molecule is CC.CC(C)c1c(C=O)c(-c2ccccc2)c(-c2ccc(F)cc2)n1CCC(O)CC(O)CC(=O)O.CNc1ccccc1. The van der Waals surface area contributed by atoms with E-state index in [1.165, 1.54) is 12.1 Å². The second kappa shape index (κ2) is 18.4. The number of carbonyl (C=O) groups excluding carboxylic acids is 1. The lowest BCUT2D eigenvalue weighted by Crippen LogP contribution is -2.22. The highest BCUT2D eigenvalue weighted by atomic mass is 19.1. The van der Waals surface area contributed by atoms with Crippen LogP contribution in [0.4, 0.5) is 10.1 Å². The molecule has 0 aliphatic heterocycles. The molecule has 44 heavy (non-hydrogen) atoms. The molecule has 3 aromatic carbocycles. The van der Waals surface area contributed by atoms with Crippen LogP contribution in [0.5, 0.6) is 0 Å². The Kier molecular flexibility index (Phi) is 15.0. The van der Waals surface area contributed by atoms with Crippen LogP contribution in [0.1, 0.15) is 68.9 Å². The summed E-state index contributed by atoms with van der Waals surface area (Å²) in [6.07, 6.45) is -1.50. The summed E-state index contributed by atoms with van der Waals surface area (Å²) >= 11 is 0. The second-order valence-corrected chi connectivity index (χ2v) is 10.4. The van der Waals surface area contributed by atoms with E-state index in [1.54, 1.807) is 12.1 Å². The number of halogens is 1. The first-order valence-electron chi connectivity index (χ1n) is 15.0. The third-order valence-corrected chi connectivity index (χ3v) is 6.89. The van der Waals surface area contributed by atoms with Crippen molar-refractivity contribution >= 4 is 17.9 Å². The van der Waals surface area contributed by atoms with E-state index in [0.29, 0.717) is 12.1 Å². The summed E-state index contributed by atoms with van der Waals surface area (Å²) in [4.78, 5) is 23.2. The van der Waals surface area contributed by atoms with Crippen molar-refractivity contribution in [2.75, 3.05) is 12.4 Å². The fourth-order valence-corrected chi connectivity index (χ4v) is 5.04. The number of carbonyl (C=O) groups is 2. The van der Waals surface area contributed by atoms with Crippen LogP contribution in [0, 0.1) is 5.82 Å². The minimum Gasteiger partial charge on any atom is -0.481 e. The number of hydrogen-bond acceptors (Lipinski definition) is 5. The van der Waals surface area contributed by atoms with E-state index in [0.717, 1.165) is 40.1 Å². The summed E-state index contributed by atoms with van der Waals surface area (Å²) in [5, 5.41) is 32.3. The van der Waals surface area contributed by atoms with E-state index in [1.807, 2.05) is 100.0 Å². The van der Waals surface area contributed by atoms with Crippen LogP contribution < -0.4 is 5.32 Å². The molecule has 0 saturated carbocycles. The van der Waals surface area contributed by atoms with Crippen molar-refractivity contribution in [3.05, 3.63) is 102 Å². The maximum Gasteiger partial charge on any atom is 0.305 e. The molecule has 0 spiro atoms. The Morgan fingerprint density at radius 1 is 0.886 bits per heavy atom. The molecule has 4 N–H and O–H groups in total. The number of aliphatic hydroxyl groups excluding tert-OH is 2. The first-order chi connectivity index (χ1) is 21.2. The molecule has 0 amide bonds. The van der Waals surface area contributed by atoms with Gasteiger partial charge in [-0.1, -0.05) is 76.2 Å². The molecule has 0 fully saturated rings. The van der Waals surface area contributed by atoms with E-state index in [4.69, 9.17) is 5.11 Å². The van der Waals surface area contributed by atoms with Gasteiger partial charge in [-0.15, -0.1) is 0 Å². The van der Waals surface area contributed by atoms with Gasteiger partial charge in [0.15, 0.2) is 6.29 Å². The molecule has 2 unspecified atom stereocenters. The van der Waals surface area contributed by atoms with Crippen molar-refractivity contribution in [2.45, 2.75) is 71.6 Å². The van der Waals surface area contributed by atoms with Crippen LogP contribution >= 0.6 is 0 Å². The molecule has 236 valence electrons. The lowest BCUT2D eigenvalue weighted by molar-refractivity contribution is -0.139. The molecule has 4 rings (SSSR count). The number of aromatic nitrogens is 1. The molecule has 4 aromatic rings. The van der Waals surface area contributed by atoms with Crippen molar-refractivity contribution in [1.29, 1.82) is 0 Å². The average Bonchev–Trinajstić information content (AvgIpc) is 3.36. The van der Waals surface area contributed by atoms with E-state index < -0.39 is 24.6 Å².